The van der Waals surface area contributed by atoms with E-state index in [9.17, 15) is 9.59 Å². The van der Waals surface area contributed by atoms with Crippen molar-refractivity contribution < 1.29 is 14.7 Å². The lowest BCUT2D eigenvalue weighted by atomic mass is 10.1. The molecule has 1 aromatic rings. The van der Waals surface area contributed by atoms with Gasteiger partial charge in [0, 0.05) is 5.56 Å². The average molecular weight is 185 g/mol. The zero-order chi connectivity index (χ0) is 9.14. The van der Waals surface area contributed by atoms with Gasteiger partial charge in [0.05, 0.1) is 5.56 Å². The van der Waals surface area contributed by atoms with Gasteiger partial charge < -0.3 is 5.11 Å². The van der Waals surface area contributed by atoms with Crippen LogP contribution >= 0.6 is 11.6 Å². The van der Waals surface area contributed by atoms with E-state index in [-0.39, 0.29) is 11.3 Å². The molecule has 0 aromatic heterocycles. The minimum Gasteiger partial charge on any atom is -0.507 e. The second-order valence-corrected chi connectivity index (χ2v) is 2.51. The maximum Gasteiger partial charge on any atom is 0.256 e. The van der Waals surface area contributed by atoms with Crippen LogP contribution in [0.3, 0.4) is 0 Å². The molecule has 1 aromatic carbocycles. The van der Waals surface area contributed by atoms with Gasteiger partial charge in [-0.1, -0.05) is 6.07 Å². The fourth-order valence-corrected chi connectivity index (χ4v) is 0.948. The van der Waals surface area contributed by atoms with Gasteiger partial charge in [-0.3, -0.25) is 9.59 Å². The first-order valence-corrected chi connectivity index (χ1v) is 3.51. The summed E-state index contributed by atoms with van der Waals surface area (Å²) in [4.78, 5) is 20.8. The molecule has 1 rings (SSSR count). The van der Waals surface area contributed by atoms with Gasteiger partial charge in [-0.2, -0.15) is 0 Å². The number of aldehydes is 1. The highest BCUT2D eigenvalue weighted by atomic mass is 35.5. The van der Waals surface area contributed by atoms with Crippen molar-refractivity contribution in [2.75, 3.05) is 0 Å². The first kappa shape index (κ1) is 8.74. The molecule has 12 heavy (non-hydrogen) atoms. The van der Waals surface area contributed by atoms with Gasteiger partial charge in [0.1, 0.15) is 12.0 Å². The fourth-order valence-electron chi connectivity index (χ4n) is 0.788. The van der Waals surface area contributed by atoms with E-state index in [4.69, 9.17) is 16.7 Å². The minimum absolute atomic E-state index is 0.00210. The van der Waals surface area contributed by atoms with Gasteiger partial charge in [0.15, 0.2) is 0 Å². The van der Waals surface area contributed by atoms with E-state index in [0.717, 1.165) is 0 Å². The standard InChI is InChI=1S/C8H5ClO3/c9-8(12)6-2-1-5(4-10)3-7(6)11/h1-4,11H. The van der Waals surface area contributed by atoms with Crippen LogP contribution in [0.1, 0.15) is 20.7 Å². The molecule has 0 unspecified atom stereocenters. The second-order valence-electron chi connectivity index (χ2n) is 2.17. The van der Waals surface area contributed by atoms with Crippen LogP contribution in [0, 0.1) is 0 Å². The van der Waals surface area contributed by atoms with Crippen molar-refractivity contribution in [3.8, 4) is 5.75 Å². The highest BCUT2D eigenvalue weighted by Crippen LogP contribution is 2.19. The largest absolute Gasteiger partial charge is 0.507 e. The SMILES string of the molecule is O=Cc1ccc(C(=O)Cl)c(O)c1. The molecule has 0 aliphatic carbocycles. The molecule has 62 valence electrons. The number of phenolic OH excluding ortho intramolecular Hbond substituents is 1. The lowest BCUT2D eigenvalue weighted by Crippen LogP contribution is -1.90. The zero-order valence-corrected chi connectivity index (χ0v) is 6.71. The van der Waals surface area contributed by atoms with Crippen molar-refractivity contribution in [2.24, 2.45) is 0 Å². The number of phenols is 1. The summed E-state index contributed by atoms with van der Waals surface area (Å²) in [6.07, 6.45) is 0.572. The van der Waals surface area contributed by atoms with Gasteiger partial charge >= 0.3 is 0 Å². The van der Waals surface area contributed by atoms with Crippen LogP contribution in [-0.2, 0) is 0 Å². The van der Waals surface area contributed by atoms with Crippen molar-refractivity contribution in [2.45, 2.75) is 0 Å². The zero-order valence-electron chi connectivity index (χ0n) is 5.95. The molecule has 0 atom stereocenters. The van der Waals surface area contributed by atoms with Crippen LogP contribution < -0.4 is 0 Å². The predicted octanol–water partition coefficient (Wildman–Crippen LogP) is 1.58. The Labute approximate surface area is 73.6 Å². The lowest BCUT2D eigenvalue weighted by Gasteiger charge is -1.98. The molecule has 0 bridgehead atoms. The van der Waals surface area contributed by atoms with Crippen LogP contribution in [0.25, 0.3) is 0 Å². The second kappa shape index (κ2) is 3.36. The Morgan fingerprint density at radius 3 is 2.58 bits per heavy atom. The Bertz CT molecular complexity index is 333. The summed E-state index contributed by atoms with van der Waals surface area (Å²) in [5.41, 5.74) is 0.302. The number of hydrogen-bond donors (Lipinski definition) is 1. The molecule has 4 heteroatoms. The monoisotopic (exact) mass is 184 g/mol. The quantitative estimate of drug-likeness (QED) is 0.561. The summed E-state index contributed by atoms with van der Waals surface area (Å²) in [6.45, 7) is 0. The smallest absolute Gasteiger partial charge is 0.256 e. The van der Waals surface area contributed by atoms with Gasteiger partial charge in [-0.15, -0.1) is 0 Å². The highest BCUT2D eigenvalue weighted by Gasteiger charge is 2.07. The molecule has 0 radical (unpaired) electrons. The van der Waals surface area contributed by atoms with Crippen molar-refractivity contribution >= 4 is 23.1 Å². The van der Waals surface area contributed by atoms with Crippen molar-refractivity contribution in [1.82, 2.24) is 0 Å². The summed E-state index contributed by atoms with van der Waals surface area (Å²) in [5, 5.41) is 8.38. The molecule has 0 amide bonds. The summed E-state index contributed by atoms with van der Waals surface area (Å²) in [5.74, 6) is -0.278. The minimum atomic E-state index is -0.745. The topological polar surface area (TPSA) is 54.4 Å². The van der Waals surface area contributed by atoms with Gasteiger partial charge in [0.25, 0.3) is 5.24 Å². The molecular formula is C8H5ClO3. The molecule has 3 nitrogen and oxygen atoms in total. The third kappa shape index (κ3) is 1.62. The van der Waals surface area contributed by atoms with Gasteiger partial charge in [-0.05, 0) is 23.7 Å². The molecule has 1 N–H and O–H groups in total. The van der Waals surface area contributed by atoms with Crippen LogP contribution in [0.5, 0.6) is 5.75 Å². The summed E-state index contributed by atoms with van der Waals surface area (Å²) >= 11 is 5.12. The van der Waals surface area contributed by atoms with Crippen LogP contribution in [0.15, 0.2) is 18.2 Å². The Kier molecular flexibility index (Phi) is 2.45. The average Bonchev–Trinajstić information content (AvgIpc) is 2.03. The van der Waals surface area contributed by atoms with E-state index in [2.05, 4.69) is 0 Å². The number of aromatic hydroxyl groups is 1. The van der Waals surface area contributed by atoms with E-state index in [1.165, 1.54) is 18.2 Å². The number of benzene rings is 1. The molecule has 0 spiro atoms. The van der Waals surface area contributed by atoms with Gasteiger partial charge in [0.2, 0.25) is 0 Å². The number of hydrogen-bond acceptors (Lipinski definition) is 3. The Morgan fingerprint density at radius 1 is 1.50 bits per heavy atom. The normalized spacial score (nSPS) is 9.42. The summed E-state index contributed by atoms with van der Waals surface area (Å²) in [6, 6.07) is 3.89. The Morgan fingerprint density at radius 2 is 2.17 bits per heavy atom. The molecule has 0 fully saturated rings. The first-order chi connectivity index (χ1) is 5.65. The van der Waals surface area contributed by atoms with E-state index in [1.54, 1.807) is 0 Å². The lowest BCUT2D eigenvalue weighted by molar-refractivity contribution is 0.107. The third-order valence-electron chi connectivity index (χ3n) is 1.37. The maximum atomic E-state index is 10.6. The fraction of sp³-hybridized carbons (Fsp3) is 0. The van der Waals surface area contributed by atoms with Gasteiger partial charge in [-0.25, -0.2) is 0 Å². The third-order valence-corrected chi connectivity index (χ3v) is 1.57. The number of carbonyl (C=O) groups excluding carboxylic acids is 2. The first-order valence-electron chi connectivity index (χ1n) is 3.13. The summed E-state index contributed by atoms with van der Waals surface area (Å²) < 4.78 is 0. The highest BCUT2D eigenvalue weighted by molar-refractivity contribution is 6.68. The van der Waals surface area contributed by atoms with Crippen LogP contribution in [-0.4, -0.2) is 16.6 Å². The Hall–Kier alpha value is -1.35. The maximum absolute atomic E-state index is 10.6. The predicted molar refractivity (Wildman–Crippen MR) is 43.7 cm³/mol. The molecule has 0 heterocycles. The van der Waals surface area contributed by atoms with Crippen molar-refractivity contribution in [3.05, 3.63) is 29.3 Å². The van der Waals surface area contributed by atoms with E-state index in [0.29, 0.717) is 11.8 Å². The Balaban J connectivity index is 3.20. The van der Waals surface area contributed by atoms with Crippen molar-refractivity contribution in [1.29, 1.82) is 0 Å². The molecule has 0 aliphatic heterocycles. The van der Waals surface area contributed by atoms with Crippen LogP contribution in [0.2, 0.25) is 0 Å². The molecule has 0 saturated carbocycles. The van der Waals surface area contributed by atoms with Crippen LogP contribution in [0.4, 0.5) is 0 Å². The number of halogens is 1. The van der Waals surface area contributed by atoms with E-state index >= 15 is 0 Å². The number of rotatable bonds is 2. The van der Waals surface area contributed by atoms with Crippen molar-refractivity contribution in [3.63, 3.8) is 0 Å². The van der Waals surface area contributed by atoms with E-state index in [1.807, 2.05) is 0 Å². The molecular weight excluding hydrogens is 180 g/mol. The molecule has 0 saturated heterocycles. The van der Waals surface area contributed by atoms with E-state index < -0.39 is 5.24 Å². The molecule has 0 aliphatic rings. The number of carbonyl (C=O) groups is 2. The summed E-state index contributed by atoms with van der Waals surface area (Å²) in [7, 11) is 0.